The molecule has 0 atom stereocenters. The van der Waals surface area contributed by atoms with E-state index in [2.05, 4.69) is 10.3 Å². The molecule has 1 aliphatic heterocycles. The Morgan fingerprint density at radius 1 is 1.06 bits per heavy atom. The van der Waals surface area contributed by atoms with Crippen molar-refractivity contribution in [1.29, 1.82) is 0 Å². The van der Waals surface area contributed by atoms with Crippen LogP contribution in [0.15, 0.2) is 76.8 Å². The molecule has 0 saturated heterocycles. The van der Waals surface area contributed by atoms with Crippen LogP contribution in [0, 0.1) is 0 Å². The van der Waals surface area contributed by atoms with E-state index in [0.29, 0.717) is 28.4 Å². The highest BCUT2D eigenvalue weighted by molar-refractivity contribution is 7.99. The fourth-order valence-corrected chi connectivity index (χ4v) is 4.34. The number of fused-ring (bicyclic) bond motifs is 2. The summed E-state index contributed by atoms with van der Waals surface area (Å²) in [5.41, 5.74) is 2.26. The van der Waals surface area contributed by atoms with E-state index in [9.17, 15) is 14.4 Å². The number of aromatic nitrogens is 1. The van der Waals surface area contributed by atoms with E-state index in [0.717, 1.165) is 10.6 Å². The van der Waals surface area contributed by atoms with Crippen molar-refractivity contribution >= 4 is 40.9 Å². The van der Waals surface area contributed by atoms with Crippen molar-refractivity contribution in [3.63, 3.8) is 0 Å². The number of rotatable bonds is 6. The van der Waals surface area contributed by atoms with Crippen molar-refractivity contribution in [1.82, 2.24) is 4.98 Å². The summed E-state index contributed by atoms with van der Waals surface area (Å²) in [6.07, 6.45) is 1.78. The van der Waals surface area contributed by atoms with E-state index >= 15 is 0 Å². The van der Waals surface area contributed by atoms with Crippen LogP contribution >= 0.6 is 11.8 Å². The molecule has 2 heterocycles. The SMILES string of the molecule is CCOC(=O)c1ccc(NC(=O)CCN2C(=O)c3cccnc3Sc3ccccc32)cc1. The van der Waals surface area contributed by atoms with Crippen LogP contribution in [-0.4, -0.2) is 35.9 Å². The maximum Gasteiger partial charge on any atom is 0.338 e. The van der Waals surface area contributed by atoms with Gasteiger partial charge < -0.3 is 15.0 Å². The molecule has 0 radical (unpaired) electrons. The quantitative estimate of drug-likeness (QED) is 0.564. The number of benzene rings is 2. The van der Waals surface area contributed by atoms with Crippen LogP contribution in [0.4, 0.5) is 11.4 Å². The number of carbonyl (C=O) groups is 3. The number of hydrogen-bond donors (Lipinski definition) is 1. The molecule has 2 amide bonds. The van der Waals surface area contributed by atoms with Gasteiger partial charge in [0.1, 0.15) is 5.03 Å². The minimum atomic E-state index is -0.406. The smallest absolute Gasteiger partial charge is 0.338 e. The number of anilines is 2. The predicted octanol–water partition coefficient (Wildman–Crippen LogP) is 4.40. The van der Waals surface area contributed by atoms with E-state index in [1.54, 1.807) is 54.4 Å². The summed E-state index contributed by atoms with van der Waals surface area (Å²) in [4.78, 5) is 44.4. The summed E-state index contributed by atoms with van der Waals surface area (Å²) in [6, 6.07) is 17.6. The van der Waals surface area contributed by atoms with Crippen molar-refractivity contribution in [2.75, 3.05) is 23.4 Å². The van der Waals surface area contributed by atoms with Gasteiger partial charge in [-0.3, -0.25) is 9.59 Å². The number of hydrogen-bond acceptors (Lipinski definition) is 6. The summed E-state index contributed by atoms with van der Waals surface area (Å²) >= 11 is 1.44. The van der Waals surface area contributed by atoms with Gasteiger partial charge in [0.05, 0.1) is 23.4 Å². The largest absolute Gasteiger partial charge is 0.462 e. The average Bonchev–Trinajstić information content (AvgIpc) is 2.92. The Morgan fingerprint density at radius 3 is 2.62 bits per heavy atom. The average molecular weight is 448 g/mol. The first kappa shape index (κ1) is 21.6. The normalized spacial score (nSPS) is 12.4. The molecule has 2 aromatic carbocycles. The Bertz CT molecular complexity index is 1160. The zero-order valence-electron chi connectivity index (χ0n) is 17.4. The zero-order chi connectivity index (χ0) is 22.5. The van der Waals surface area contributed by atoms with Crippen LogP contribution < -0.4 is 10.2 Å². The van der Waals surface area contributed by atoms with Crippen LogP contribution in [0.1, 0.15) is 34.1 Å². The molecule has 7 nitrogen and oxygen atoms in total. The molecule has 1 N–H and O–H groups in total. The zero-order valence-corrected chi connectivity index (χ0v) is 18.2. The lowest BCUT2D eigenvalue weighted by molar-refractivity contribution is -0.116. The van der Waals surface area contributed by atoms with E-state index in [-0.39, 0.29) is 24.8 Å². The van der Waals surface area contributed by atoms with Gasteiger partial charge in [-0.1, -0.05) is 23.9 Å². The summed E-state index contributed by atoms with van der Waals surface area (Å²) in [5.74, 6) is -0.823. The van der Waals surface area contributed by atoms with Crippen molar-refractivity contribution < 1.29 is 19.1 Å². The Morgan fingerprint density at radius 2 is 1.84 bits per heavy atom. The maximum atomic E-state index is 13.2. The molecule has 3 aromatic rings. The summed E-state index contributed by atoms with van der Waals surface area (Å²) < 4.78 is 4.96. The third-order valence-electron chi connectivity index (χ3n) is 4.85. The molecule has 0 bridgehead atoms. The number of carbonyl (C=O) groups excluding carboxylic acids is 3. The second kappa shape index (κ2) is 9.65. The van der Waals surface area contributed by atoms with Gasteiger partial charge in [0.15, 0.2) is 0 Å². The monoisotopic (exact) mass is 447 g/mol. The first-order chi connectivity index (χ1) is 15.6. The van der Waals surface area contributed by atoms with Crippen LogP contribution in [0.25, 0.3) is 0 Å². The van der Waals surface area contributed by atoms with E-state index in [4.69, 9.17) is 4.74 Å². The number of para-hydroxylation sites is 1. The number of amides is 2. The number of pyridine rings is 1. The topological polar surface area (TPSA) is 88.6 Å². The van der Waals surface area contributed by atoms with E-state index < -0.39 is 5.97 Å². The minimum absolute atomic E-state index is 0.111. The van der Waals surface area contributed by atoms with Crippen LogP contribution in [0.3, 0.4) is 0 Å². The number of ether oxygens (including phenoxy) is 1. The van der Waals surface area contributed by atoms with Crippen LogP contribution in [0.5, 0.6) is 0 Å². The lowest BCUT2D eigenvalue weighted by Gasteiger charge is -2.22. The molecular weight excluding hydrogens is 426 g/mol. The lowest BCUT2D eigenvalue weighted by atomic mass is 10.2. The van der Waals surface area contributed by atoms with Gasteiger partial charge in [-0.2, -0.15) is 0 Å². The van der Waals surface area contributed by atoms with E-state index in [1.165, 1.54) is 11.8 Å². The van der Waals surface area contributed by atoms with Gasteiger partial charge in [0.25, 0.3) is 5.91 Å². The molecule has 4 rings (SSSR count). The molecule has 1 aromatic heterocycles. The van der Waals surface area contributed by atoms with Gasteiger partial charge in [0, 0.05) is 29.7 Å². The van der Waals surface area contributed by atoms with Crippen molar-refractivity contribution in [3.05, 3.63) is 78.0 Å². The Kier molecular flexibility index (Phi) is 6.51. The van der Waals surface area contributed by atoms with Crippen molar-refractivity contribution in [2.24, 2.45) is 0 Å². The molecule has 0 spiro atoms. The van der Waals surface area contributed by atoms with E-state index in [1.807, 2.05) is 24.3 Å². The molecule has 0 unspecified atom stereocenters. The molecule has 0 saturated carbocycles. The summed E-state index contributed by atoms with van der Waals surface area (Å²) in [5, 5.41) is 3.46. The van der Waals surface area contributed by atoms with Crippen LogP contribution in [0.2, 0.25) is 0 Å². The number of esters is 1. The Hall–Kier alpha value is -3.65. The lowest BCUT2D eigenvalue weighted by Crippen LogP contribution is -2.34. The second-order valence-corrected chi connectivity index (χ2v) is 8.01. The molecule has 32 heavy (non-hydrogen) atoms. The molecule has 8 heteroatoms. The highest BCUT2D eigenvalue weighted by atomic mass is 32.2. The highest BCUT2D eigenvalue weighted by Gasteiger charge is 2.28. The highest BCUT2D eigenvalue weighted by Crippen LogP contribution is 2.40. The first-order valence-corrected chi connectivity index (χ1v) is 11.0. The maximum absolute atomic E-state index is 13.2. The molecular formula is C24H21N3O4S. The summed E-state index contributed by atoms with van der Waals surface area (Å²) in [7, 11) is 0. The fraction of sp³-hybridized carbons (Fsp3) is 0.167. The number of nitrogens with zero attached hydrogens (tertiary/aromatic N) is 2. The van der Waals surface area contributed by atoms with Gasteiger partial charge >= 0.3 is 5.97 Å². The molecule has 162 valence electrons. The minimum Gasteiger partial charge on any atom is -0.462 e. The van der Waals surface area contributed by atoms with Gasteiger partial charge in [-0.05, 0) is 55.5 Å². The van der Waals surface area contributed by atoms with Gasteiger partial charge in [0.2, 0.25) is 5.91 Å². The standard InChI is InChI=1S/C24H21N3O4S/c1-2-31-24(30)16-9-11-17(12-10-16)26-21(28)13-15-27-19-7-3-4-8-20(19)32-22-18(23(27)29)6-5-14-25-22/h3-12,14H,2,13,15H2,1H3,(H,26,28). The molecule has 0 aliphatic carbocycles. The Labute approximate surface area is 189 Å². The molecule has 0 fully saturated rings. The predicted molar refractivity (Wildman–Crippen MR) is 122 cm³/mol. The first-order valence-electron chi connectivity index (χ1n) is 10.2. The van der Waals surface area contributed by atoms with Gasteiger partial charge in [-0.25, -0.2) is 9.78 Å². The Balaban J connectivity index is 1.46. The van der Waals surface area contributed by atoms with Crippen LogP contribution in [-0.2, 0) is 9.53 Å². The third kappa shape index (κ3) is 4.65. The summed E-state index contributed by atoms with van der Waals surface area (Å²) in [6.45, 7) is 2.26. The second-order valence-electron chi connectivity index (χ2n) is 6.98. The third-order valence-corrected chi connectivity index (χ3v) is 5.94. The van der Waals surface area contributed by atoms with Crippen molar-refractivity contribution in [3.8, 4) is 0 Å². The fourth-order valence-electron chi connectivity index (χ4n) is 3.32. The molecule has 1 aliphatic rings. The number of nitrogens with one attached hydrogen (secondary N) is 1. The van der Waals surface area contributed by atoms with Gasteiger partial charge in [-0.15, -0.1) is 0 Å². The van der Waals surface area contributed by atoms with Crippen molar-refractivity contribution in [2.45, 2.75) is 23.3 Å².